The van der Waals surface area contributed by atoms with Crippen molar-refractivity contribution >= 4 is 49.1 Å². The van der Waals surface area contributed by atoms with Crippen LogP contribution in [-0.4, -0.2) is 31.4 Å². The number of sulfonamides is 1. The normalized spacial score (nSPS) is 11.5. The molecular formula is C16H16BrClN2O3S. The molecular weight excluding hydrogens is 416 g/mol. The lowest BCUT2D eigenvalue weighted by Crippen LogP contribution is -2.36. The van der Waals surface area contributed by atoms with Crippen LogP contribution >= 0.6 is 27.5 Å². The second-order valence-corrected chi connectivity index (χ2v) is 8.46. The van der Waals surface area contributed by atoms with Crippen LogP contribution in [0.2, 0.25) is 5.02 Å². The second-order valence-electron chi connectivity index (χ2n) is 5.19. The number of carbonyl (C=O) groups is 1. The van der Waals surface area contributed by atoms with Crippen LogP contribution < -0.4 is 5.32 Å². The molecule has 0 heterocycles. The summed E-state index contributed by atoms with van der Waals surface area (Å²) in [5, 5.41) is 3.26. The molecule has 0 aromatic heterocycles. The average molecular weight is 432 g/mol. The molecule has 1 amide bonds. The smallest absolute Gasteiger partial charge is 0.239 e. The van der Waals surface area contributed by atoms with Gasteiger partial charge in [0.15, 0.2) is 0 Å². The average Bonchev–Trinajstić information content (AvgIpc) is 2.50. The zero-order chi connectivity index (χ0) is 17.7. The van der Waals surface area contributed by atoms with Crippen molar-refractivity contribution in [2.75, 3.05) is 18.1 Å². The first kappa shape index (κ1) is 18.9. The van der Waals surface area contributed by atoms with Crippen LogP contribution in [0.4, 0.5) is 5.69 Å². The van der Waals surface area contributed by atoms with Crippen LogP contribution in [0.3, 0.4) is 0 Å². The Kier molecular flexibility index (Phi) is 6.40. The summed E-state index contributed by atoms with van der Waals surface area (Å²) in [6, 6.07) is 13.9. The minimum atomic E-state index is -3.54. The predicted molar refractivity (Wildman–Crippen MR) is 99.5 cm³/mol. The zero-order valence-corrected chi connectivity index (χ0v) is 16.0. The highest BCUT2D eigenvalue weighted by Gasteiger charge is 2.21. The molecule has 0 saturated carbocycles. The summed E-state index contributed by atoms with van der Waals surface area (Å²) in [5.74, 6) is -0.415. The molecule has 24 heavy (non-hydrogen) atoms. The van der Waals surface area contributed by atoms with E-state index in [1.165, 1.54) is 0 Å². The minimum absolute atomic E-state index is 0.0966. The van der Waals surface area contributed by atoms with Gasteiger partial charge in [0.1, 0.15) is 0 Å². The number of hydrogen-bond donors (Lipinski definition) is 1. The van der Waals surface area contributed by atoms with Crippen molar-refractivity contribution in [1.82, 2.24) is 4.31 Å². The molecule has 128 valence electrons. The van der Waals surface area contributed by atoms with E-state index in [0.29, 0.717) is 10.7 Å². The molecule has 8 heteroatoms. The lowest BCUT2D eigenvalue weighted by atomic mass is 10.2. The van der Waals surface area contributed by atoms with Gasteiger partial charge in [-0.3, -0.25) is 4.79 Å². The summed E-state index contributed by atoms with van der Waals surface area (Å²) >= 11 is 9.16. The number of nitrogens with one attached hydrogen (secondary N) is 1. The van der Waals surface area contributed by atoms with E-state index in [-0.39, 0.29) is 13.1 Å². The van der Waals surface area contributed by atoms with Crippen molar-refractivity contribution in [2.24, 2.45) is 0 Å². The topological polar surface area (TPSA) is 66.5 Å². The van der Waals surface area contributed by atoms with Crippen LogP contribution in [0.1, 0.15) is 5.56 Å². The maximum Gasteiger partial charge on any atom is 0.239 e. The van der Waals surface area contributed by atoms with Crippen LogP contribution in [-0.2, 0) is 21.4 Å². The fraction of sp³-hybridized carbons (Fsp3) is 0.188. The Morgan fingerprint density at radius 1 is 1.17 bits per heavy atom. The monoisotopic (exact) mass is 430 g/mol. The first-order chi connectivity index (χ1) is 11.3. The highest BCUT2D eigenvalue weighted by atomic mass is 79.9. The third-order valence-electron chi connectivity index (χ3n) is 3.21. The summed E-state index contributed by atoms with van der Waals surface area (Å²) < 4.78 is 25.8. The molecule has 2 aromatic carbocycles. The molecule has 0 aliphatic heterocycles. The van der Waals surface area contributed by atoms with Crippen LogP contribution in [0.5, 0.6) is 0 Å². The highest BCUT2D eigenvalue weighted by molar-refractivity contribution is 9.10. The van der Waals surface area contributed by atoms with Gasteiger partial charge in [0.05, 0.1) is 18.5 Å². The van der Waals surface area contributed by atoms with Gasteiger partial charge in [-0.1, -0.05) is 35.9 Å². The Bertz CT molecular complexity index is 825. The summed E-state index contributed by atoms with van der Waals surface area (Å²) in [5.41, 5.74) is 1.33. The number of para-hydroxylation sites is 1. The van der Waals surface area contributed by atoms with E-state index in [1.807, 2.05) is 6.07 Å². The molecule has 0 aliphatic carbocycles. The van der Waals surface area contributed by atoms with Crippen LogP contribution in [0, 0.1) is 0 Å². The molecule has 0 bridgehead atoms. The molecule has 0 saturated heterocycles. The quantitative estimate of drug-likeness (QED) is 0.761. The fourth-order valence-corrected chi connectivity index (χ4v) is 3.24. The van der Waals surface area contributed by atoms with Gasteiger partial charge in [-0.05, 0) is 45.8 Å². The molecule has 5 nitrogen and oxygen atoms in total. The Balaban J connectivity index is 2.10. The van der Waals surface area contributed by atoms with Crippen molar-refractivity contribution in [3.8, 4) is 0 Å². The molecule has 1 N–H and O–H groups in total. The Morgan fingerprint density at radius 3 is 2.38 bits per heavy atom. The minimum Gasteiger partial charge on any atom is -0.324 e. The number of benzene rings is 2. The van der Waals surface area contributed by atoms with Gasteiger partial charge in [-0.25, -0.2) is 8.42 Å². The fourth-order valence-electron chi connectivity index (χ4n) is 2.00. The summed E-state index contributed by atoms with van der Waals surface area (Å²) in [6.45, 7) is -0.178. The number of hydrogen-bond acceptors (Lipinski definition) is 3. The summed E-state index contributed by atoms with van der Waals surface area (Å²) in [6.07, 6.45) is 1.08. The van der Waals surface area contributed by atoms with Gasteiger partial charge in [0, 0.05) is 16.0 Å². The first-order valence-electron chi connectivity index (χ1n) is 6.99. The maximum absolute atomic E-state index is 12.2. The van der Waals surface area contributed by atoms with Crippen molar-refractivity contribution in [1.29, 1.82) is 0 Å². The molecule has 0 fully saturated rings. The Morgan fingerprint density at radius 2 is 1.79 bits per heavy atom. The number of rotatable bonds is 6. The van der Waals surface area contributed by atoms with E-state index in [9.17, 15) is 13.2 Å². The highest BCUT2D eigenvalue weighted by Crippen LogP contribution is 2.21. The van der Waals surface area contributed by atoms with E-state index >= 15 is 0 Å². The Hall–Kier alpha value is -1.41. The van der Waals surface area contributed by atoms with E-state index < -0.39 is 15.9 Å². The van der Waals surface area contributed by atoms with Crippen LogP contribution in [0.15, 0.2) is 53.0 Å². The van der Waals surface area contributed by atoms with Gasteiger partial charge in [0.25, 0.3) is 0 Å². The van der Waals surface area contributed by atoms with Crippen molar-refractivity contribution in [3.05, 3.63) is 63.6 Å². The maximum atomic E-state index is 12.2. The summed E-state index contributed by atoms with van der Waals surface area (Å²) in [4.78, 5) is 12.2. The number of anilines is 1. The molecule has 2 aromatic rings. The van der Waals surface area contributed by atoms with Gasteiger partial charge < -0.3 is 5.32 Å². The number of carbonyl (C=O) groups excluding carboxylic acids is 1. The van der Waals surface area contributed by atoms with E-state index in [4.69, 9.17) is 11.6 Å². The van der Waals surface area contributed by atoms with Crippen molar-refractivity contribution < 1.29 is 13.2 Å². The number of halogens is 2. The standard InChI is InChI=1S/C16H16BrClN2O3S/c1-24(22,23)20(10-12-6-8-13(18)9-7-12)11-16(21)19-15-5-3-2-4-14(15)17/h2-9H,10-11H2,1H3,(H,19,21). The molecule has 0 unspecified atom stereocenters. The molecule has 0 radical (unpaired) electrons. The SMILES string of the molecule is CS(=O)(=O)N(CC(=O)Nc1ccccc1Br)Cc1ccc(Cl)cc1. The molecule has 2 rings (SSSR count). The lowest BCUT2D eigenvalue weighted by Gasteiger charge is -2.20. The first-order valence-corrected chi connectivity index (χ1v) is 10.0. The van der Waals surface area contributed by atoms with Crippen molar-refractivity contribution in [3.63, 3.8) is 0 Å². The predicted octanol–water partition coefficient (Wildman–Crippen LogP) is 3.50. The molecule has 0 atom stereocenters. The van der Waals surface area contributed by atoms with E-state index in [0.717, 1.165) is 20.6 Å². The summed E-state index contributed by atoms with van der Waals surface area (Å²) in [7, 11) is -3.54. The largest absolute Gasteiger partial charge is 0.324 e. The van der Waals surface area contributed by atoms with Crippen molar-refractivity contribution in [2.45, 2.75) is 6.54 Å². The van der Waals surface area contributed by atoms with Gasteiger partial charge in [0.2, 0.25) is 15.9 Å². The third kappa shape index (κ3) is 5.59. The Labute approximate surface area is 154 Å². The third-order valence-corrected chi connectivity index (χ3v) is 5.35. The zero-order valence-electron chi connectivity index (χ0n) is 12.9. The molecule has 0 aliphatic rings. The van der Waals surface area contributed by atoms with E-state index in [1.54, 1.807) is 42.5 Å². The number of nitrogens with zero attached hydrogens (tertiary/aromatic N) is 1. The van der Waals surface area contributed by atoms with Gasteiger partial charge in [-0.2, -0.15) is 4.31 Å². The van der Waals surface area contributed by atoms with Gasteiger partial charge >= 0.3 is 0 Å². The lowest BCUT2D eigenvalue weighted by molar-refractivity contribution is -0.116. The van der Waals surface area contributed by atoms with E-state index in [2.05, 4.69) is 21.2 Å². The number of amides is 1. The van der Waals surface area contributed by atoms with Gasteiger partial charge in [-0.15, -0.1) is 0 Å². The van der Waals surface area contributed by atoms with Crippen LogP contribution in [0.25, 0.3) is 0 Å². The second kappa shape index (κ2) is 8.11. The molecule has 0 spiro atoms.